The number of aromatic nitrogens is 1. The first-order valence-electron chi connectivity index (χ1n) is 8.89. The zero-order valence-corrected chi connectivity index (χ0v) is 17.0. The lowest BCUT2D eigenvalue weighted by Gasteiger charge is -2.40. The van der Waals surface area contributed by atoms with E-state index in [1.165, 1.54) is 0 Å². The van der Waals surface area contributed by atoms with Crippen molar-refractivity contribution >= 4 is 27.9 Å². The molecule has 0 saturated carbocycles. The summed E-state index contributed by atoms with van der Waals surface area (Å²) in [6.45, 7) is -0.526. The van der Waals surface area contributed by atoms with Crippen LogP contribution in [0.4, 0.5) is 38.7 Å². The van der Waals surface area contributed by atoms with Crippen LogP contribution in [0.1, 0.15) is 6.42 Å². The van der Waals surface area contributed by atoms with Crippen LogP contribution < -0.4 is 4.90 Å². The SMILES string of the molecule is CN(C(=O)[C@@H]1C[C@@H](F)CN1C(=O)O)c1cc(-c2ccc(S(F)(F)(F)(F)F)cc2)ncc1F. The molecule has 2 aromatic rings. The molecule has 0 spiro atoms. The number of halogens is 7. The summed E-state index contributed by atoms with van der Waals surface area (Å²) in [5, 5.41) is 9.14. The molecule has 32 heavy (non-hydrogen) atoms. The molecule has 1 aliphatic heterocycles. The summed E-state index contributed by atoms with van der Waals surface area (Å²) in [5.74, 6) is -1.95. The molecule has 176 valence electrons. The van der Waals surface area contributed by atoms with Gasteiger partial charge in [0, 0.05) is 19.0 Å². The highest BCUT2D eigenvalue weighted by Crippen LogP contribution is 3.02. The molecule has 1 aromatic heterocycles. The van der Waals surface area contributed by atoms with Gasteiger partial charge in [-0.25, -0.2) is 13.6 Å². The van der Waals surface area contributed by atoms with Gasteiger partial charge in [0.1, 0.15) is 17.1 Å². The molecule has 2 heterocycles. The Hall–Kier alpha value is -3.03. The maximum Gasteiger partial charge on any atom is 0.408 e. The minimum Gasteiger partial charge on any atom is -0.465 e. The lowest BCUT2D eigenvalue weighted by Crippen LogP contribution is -2.46. The van der Waals surface area contributed by atoms with Gasteiger partial charge in [-0.05, 0) is 18.2 Å². The van der Waals surface area contributed by atoms with Crippen LogP contribution in [0.2, 0.25) is 0 Å². The van der Waals surface area contributed by atoms with E-state index < -0.39 is 63.8 Å². The summed E-state index contributed by atoms with van der Waals surface area (Å²) < 4.78 is 92.4. The van der Waals surface area contributed by atoms with Crippen molar-refractivity contribution in [3.8, 4) is 11.3 Å². The van der Waals surface area contributed by atoms with E-state index in [4.69, 9.17) is 5.11 Å². The topological polar surface area (TPSA) is 73.7 Å². The number of alkyl halides is 1. The molecule has 14 heteroatoms. The van der Waals surface area contributed by atoms with E-state index in [0.29, 0.717) is 11.1 Å². The Labute approximate surface area is 177 Å². The van der Waals surface area contributed by atoms with Gasteiger partial charge in [0.2, 0.25) is 5.91 Å². The summed E-state index contributed by atoms with van der Waals surface area (Å²) in [5.41, 5.74) is -0.626. The minimum atomic E-state index is -9.87. The molecule has 0 radical (unpaired) electrons. The first-order valence-corrected chi connectivity index (χ1v) is 10.8. The van der Waals surface area contributed by atoms with E-state index >= 15 is 0 Å². The molecule has 0 bridgehead atoms. The number of pyridine rings is 1. The van der Waals surface area contributed by atoms with Gasteiger partial charge in [-0.2, -0.15) is 0 Å². The number of carbonyl (C=O) groups is 2. The summed E-state index contributed by atoms with van der Waals surface area (Å²) in [4.78, 5) is 26.8. The molecule has 3 rings (SSSR count). The third-order valence-electron chi connectivity index (χ3n) is 4.90. The van der Waals surface area contributed by atoms with Gasteiger partial charge in [-0.1, -0.05) is 31.6 Å². The standard InChI is InChI=1S/C18H16F7N3O3S/c1-27(17(29)16-6-11(19)9-28(16)18(30)31)15-7-14(26-8-13(15)20)10-2-4-12(5-3-10)32(21,22,23,24)25/h2-5,7-8,11,16H,6,9H2,1H3,(H,30,31)/t11-,16+/m1/s1. The van der Waals surface area contributed by atoms with Gasteiger partial charge < -0.3 is 10.0 Å². The Morgan fingerprint density at radius 1 is 1.16 bits per heavy atom. The van der Waals surface area contributed by atoms with Gasteiger partial charge in [0.25, 0.3) is 0 Å². The van der Waals surface area contributed by atoms with E-state index in [2.05, 4.69) is 4.98 Å². The Balaban J connectivity index is 1.92. The second-order valence-corrected chi connectivity index (χ2v) is 9.60. The Bertz CT molecular complexity index is 1080. The molecule has 6 nitrogen and oxygen atoms in total. The molecule has 2 atom stereocenters. The van der Waals surface area contributed by atoms with Crippen LogP contribution in [0.5, 0.6) is 0 Å². The van der Waals surface area contributed by atoms with Crippen molar-refractivity contribution in [3.63, 3.8) is 0 Å². The maximum atomic E-state index is 14.3. The highest BCUT2D eigenvalue weighted by atomic mass is 32.5. The number of likely N-dealkylation sites (N-methyl/N-ethyl adjacent to an activating group) is 1. The van der Waals surface area contributed by atoms with E-state index in [9.17, 15) is 37.8 Å². The van der Waals surface area contributed by atoms with E-state index in [1.807, 2.05) is 0 Å². The molecule has 1 saturated heterocycles. The molecule has 0 aliphatic carbocycles. The van der Waals surface area contributed by atoms with Crippen molar-refractivity contribution in [1.29, 1.82) is 0 Å². The van der Waals surface area contributed by atoms with Crippen LogP contribution in [0.25, 0.3) is 11.3 Å². The number of rotatable bonds is 4. The summed E-state index contributed by atoms with van der Waals surface area (Å²) in [6.07, 6.45) is -2.88. The Kier molecular flexibility index (Phi) is 5.16. The fraction of sp³-hybridized carbons (Fsp3) is 0.278. The normalized spacial score (nSPS) is 21.1. The number of likely N-dealkylation sites (tertiary alicyclic amines) is 1. The second-order valence-electron chi connectivity index (χ2n) is 7.20. The highest BCUT2D eigenvalue weighted by molar-refractivity contribution is 8.45. The first-order chi connectivity index (χ1) is 14.5. The summed E-state index contributed by atoms with van der Waals surface area (Å²) in [7, 11) is -8.77. The molecular weight excluding hydrogens is 471 g/mol. The predicted octanol–water partition coefficient (Wildman–Crippen LogP) is 5.60. The van der Waals surface area contributed by atoms with Crippen molar-refractivity contribution < 1.29 is 42.9 Å². The second kappa shape index (κ2) is 6.98. The molecule has 1 aliphatic rings. The summed E-state index contributed by atoms with van der Waals surface area (Å²) >= 11 is 0. The van der Waals surface area contributed by atoms with Crippen molar-refractivity contribution in [2.45, 2.75) is 23.5 Å². The van der Waals surface area contributed by atoms with Gasteiger partial charge in [-0.15, -0.1) is 0 Å². The fourth-order valence-electron chi connectivity index (χ4n) is 3.30. The Morgan fingerprint density at radius 2 is 1.75 bits per heavy atom. The largest absolute Gasteiger partial charge is 0.465 e. The third kappa shape index (κ3) is 4.74. The lowest BCUT2D eigenvalue weighted by molar-refractivity contribution is -0.122. The number of hydrogen-bond donors (Lipinski definition) is 1. The van der Waals surface area contributed by atoms with Gasteiger partial charge >= 0.3 is 16.3 Å². The van der Waals surface area contributed by atoms with E-state index in [1.54, 1.807) is 0 Å². The number of carboxylic acid groups (broad SMARTS) is 1. The van der Waals surface area contributed by atoms with Crippen LogP contribution in [0.15, 0.2) is 41.4 Å². The summed E-state index contributed by atoms with van der Waals surface area (Å²) in [6, 6.07) is 1.35. The zero-order chi connectivity index (χ0) is 24.1. The van der Waals surface area contributed by atoms with Gasteiger partial charge in [0.05, 0.1) is 24.1 Å². The fourth-order valence-corrected chi connectivity index (χ4v) is 3.95. The number of benzene rings is 1. The van der Waals surface area contributed by atoms with Gasteiger partial charge in [-0.3, -0.25) is 14.7 Å². The molecule has 0 unspecified atom stereocenters. The van der Waals surface area contributed by atoms with Crippen LogP contribution in [-0.2, 0) is 4.79 Å². The average molecular weight is 487 g/mol. The zero-order valence-electron chi connectivity index (χ0n) is 16.2. The highest BCUT2D eigenvalue weighted by Gasteiger charge is 2.65. The van der Waals surface area contributed by atoms with Crippen molar-refractivity contribution in [2.75, 3.05) is 18.5 Å². The Morgan fingerprint density at radius 3 is 2.28 bits per heavy atom. The average Bonchev–Trinajstić information content (AvgIpc) is 3.08. The number of amides is 2. The third-order valence-corrected chi connectivity index (χ3v) is 6.07. The number of anilines is 1. The lowest BCUT2D eigenvalue weighted by atomic mass is 10.1. The maximum absolute atomic E-state index is 14.3. The first kappa shape index (κ1) is 23.6. The number of nitrogens with zero attached hydrogens (tertiary/aromatic N) is 3. The van der Waals surface area contributed by atoms with E-state index in [0.717, 1.165) is 30.1 Å². The van der Waals surface area contributed by atoms with Gasteiger partial charge in [0.15, 0.2) is 5.82 Å². The number of carbonyl (C=O) groups excluding carboxylic acids is 1. The van der Waals surface area contributed by atoms with Crippen molar-refractivity contribution in [3.05, 3.63) is 42.3 Å². The molecule has 1 N–H and O–H groups in total. The molecule has 2 amide bonds. The van der Waals surface area contributed by atoms with Crippen LogP contribution in [0.3, 0.4) is 0 Å². The van der Waals surface area contributed by atoms with Crippen molar-refractivity contribution in [2.24, 2.45) is 0 Å². The smallest absolute Gasteiger partial charge is 0.408 e. The van der Waals surface area contributed by atoms with Crippen molar-refractivity contribution in [1.82, 2.24) is 9.88 Å². The van der Waals surface area contributed by atoms with Crippen LogP contribution >= 0.6 is 10.2 Å². The predicted molar refractivity (Wildman–Crippen MR) is 102 cm³/mol. The molecule has 1 fully saturated rings. The monoisotopic (exact) mass is 487 g/mol. The van der Waals surface area contributed by atoms with Crippen LogP contribution in [0, 0.1) is 5.82 Å². The quantitative estimate of drug-likeness (QED) is 0.570. The van der Waals surface area contributed by atoms with Crippen LogP contribution in [-0.4, -0.2) is 52.8 Å². The molecular formula is C18H16F7N3O3S. The molecule has 1 aromatic carbocycles. The minimum absolute atomic E-state index is 0.0745. The number of hydrogen-bond acceptors (Lipinski definition) is 3. The van der Waals surface area contributed by atoms with E-state index in [-0.39, 0.29) is 23.4 Å².